The third-order valence-electron chi connectivity index (χ3n) is 13.1. The lowest BCUT2D eigenvalue weighted by molar-refractivity contribution is 0.0720. The highest BCUT2D eigenvalue weighted by Gasteiger charge is 2.26. The number of ether oxygens (including phenoxy) is 2. The molecule has 65 heavy (non-hydrogen) atoms. The molecular formula is C60H66N2O3. The molecule has 0 N–H and O–H groups in total. The molecule has 0 saturated heterocycles. The van der Waals surface area contributed by atoms with Gasteiger partial charge in [-0.1, -0.05) is 109 Å². The van der Waals surface area contributed by atoms with Crippen molar-refractivity contribution < 1.29 is 14.3 Å². The minimum atomic E-state index is -0.212. The first-order valence-electron chi connectivity index (χ1n) is 23.8. The second-order valence-corrected chi connectivity index (χ2v) is 17.8. The van der Waals surface area contributed by atoms with Crippen LogP contribution in [0.5, 0.6) is 17.2 Å². The van der Waals surface area contributed by atoms with Crippen LogP contribution in [0.25, 0.3) is 0 Å². The van der Waals surface area contributed by atoms with Crippen molar-refractivity contribution in [1.82, 2.24) is 0 Å². The number of unbranched alkanes of at least 4 members (excludes halogenated alkanes) is 3. The topological polar surface area (TPSA) is 42.0 Å². The Labute approximate surface area is 388 Å². The monoisotopic (exact) mass is 863 g/mol. The maximum atomic E-state index is 13.4. The Morgan fingerprint density at radius 2 is 0.831 bits per heavy atom. The van der Waals surface area contributed by atoms with Crippen LogP contribution in [0.4, 0.5) is 34.1 Å². The van der Waals surface area contributed by atoms with E-state index in [1.54, 1.807) is 0 Å². The van der Waals surface area contributed by atoms with E-state index >= 15 is 0 Å². The third-order valence-corrected chi connectivity index (χ3v) is 13.1. The van der Waals surface area contributed by atoms with Gasteiger partial charge >= 0.3 is 0 Å². The molecule has 0 aliphatic heterocycles. The minimum absolute atomic E-state index is 0.0400. The van der Waals surface area contributed by atoms with Crippen LogP contribution in [0.15, 0.2) is 182 Å². The predicted octanol–water partition coefficient (Wildman–Crippen LogP) is 17.6. The Hall–Kier alpha value is -6.59. The molecule has 5 nitrogen and oxygen atoms in total. The zero-order valence-electron chi connectivity index (χ0n) is 39.3. The average Bonchev–Trinajstić information content (AvgIpc) is 3.35. The molecule has 0 aliphatic rings. The number of para-hydroxylation sites is 2. The highest BCUT2D eigenvalue weighted by molar-refractivity contribution is 6.09. The van der Waals surface area contributed by atoms with Gasteiger partial charge in [0.05, 0.1) is 0 Å². The van der Waals surface area contributed by atoms with Crippen molar-refractivity contribution in [3.05, 3.63) is 199 Å². The molecule has 2 unspecified atom stereocenters. The van der Waals surface area contributed by atoms with Crippen LogP contribution in [-0.2, 0) is 5.41 Å². The van der Waals surface area contributed by atoms with Gasteiger partial charge in [0.25, 0.3) is 0 Å². The second kappa shape index (κ2) is 21.9. The van der Waals surface area contributed by atoms with E-state index in [0.717, 1.165) is 65.6 Å². The van der Waals surface area contributed by atoms with Crippen molar-refractivity contribution in [2.75, 3.05) is 9.80 Å². The highest BCUT2D eigenvalue weighted by atomic mass is 16.5. The number of anilines is 6. The molecule has 0 aromatic heterocycles. The first kappa shape index (κ1) is 46.4. The smallest absolute Gasteiger partial charge is 0.193 e. The molecule has 0 amide bonds. The molecule has 0 radical (unpaired) electrons. The number of hydrogen-bond donors (Lipinski definition) is 0. The highest BCUT2D eigenvalue weighted by Crippen LogP contribution is 2.41. The van der Waals surface area contributed by atoms with Gasteiger partial charge in [0.1, 0.15) is 22.8 Å². The van der Waals surface area contributed by atoms with Gasteiger partial charge in [-0.15, -0.1) is 0 Å². The number of hydrogen-bond acceptors (Lipinski definition) is 5. The molecule has 0 heterocycles. The Morgan fingerprint density at radius 1 is 0.431 bits per heavy atom. The van der Waals surface area contributed by atoms with Crippen LogP contribution in [-0.4, -0.2) is 11.4 Å². The lowest BCUT2D eigenvalue weighted by Gasteiger charge is -2.31. The molecule has 0 bridgehead atoms. The van der Waals surface area contributed by atoms with Crippen molar-refractivity contribution in [2.45, 2.75) is 110 Å². The predicted molar refractivity (Wildman–Crippen MR) is 273 cm³/mol. The van der Waals surface area contributed by atoms with Crippen molar-refractivity contribution in [3.8, 4) is 17.2 Å². The van der Waals surface area contributed by atoms with E-state index in [2.05, 4.69) is 167 Å². The van der Waals surface area contributed by atoms with E-state index in [0.29, 0.717) is 22.6 Å². The summed E-state index contributed by atoms with van der Waals surface area (Å²) in [5, 5.41) is 0. The number of carbonyl (C=O) groups is 1. The maximum Gasteiger partial charge on any atom is 0.193 e. The molecule has 7 aromatic rings. The molecule has 0 aliphatic carbocycles. The molecule has 7 aromatic carbocycles. The van der Waals surface area contributed by atoms with Crippen LogP contribution in [0.2, 0.25) is 0 Å². The molecule has 0 saturated carbocycles. The largest absolute Gasteiger partial charge is 0.488 e. The Bertz CT molecular complexity index is 2520. The van der Waals surface area contributed by atoms with Gasteiger partial charge < -0.3 is 19.3 Å². The lowest BCUT2D eigenvalue weighted by atomic mass is 9.76. The molecule has 334 valence electrons. The van der Waals surface area contributed by atoms with Gasteiger partial charge in [0.2, 0.25) is 0 Å². The van der Waals surface area contributed by atoms with E-state index in [1.807, 2.05) is 66.7 Å². The summed E-state index contributed by atoms with van der Waals surface area (Å²) in [7, 11) is 0. The number of nitrogens with zero attached hydrogens (tertiary/aromatic N) is 2. The van der Waals surface area contributed by atoms with Crippen molar-refractivity contribution in [2.24, 2.45) is 0 Å². The second-order valence-electron chi connectivity index (χ2n) is 17.8. The summed E-state index contributed by atoms with van der Waals surface area (Å²) in [5.41, 5.74) is 8.99. The first-order chi connectivity index (χ1) is 31.7. The van der Waals surface area contributed by atoms with E-state index < -0.39 is 0 Å². The van der Waals surface area contributed by atoms with Crippen molar-refractivity contribution in [1.29, 1.82) is 0 Å². The number of ketones is 1. The Balaban J connectivity index is 1.06. The van der Waals surface area contributed by atoms with E-state index in [1.165, 1.54) is 37.7 Å². The van der Waals surface area contributed by atoms with Gasteiger partial charge in [0, 0.05) is 45.3 Å². The van der Waals surface area contributed by atoms with Crippen molar-refractivity contribution >= 4 is 39.9 Å². The summed E-state index contributed by atoms with van der Waals surface area (Å²) >= 11 is 0. The molecule has 0 fully saturated rings. The quantitative estimate of drug-likeness (QED) is 0.0502. The summed E-state index contributed by atoms with van der Waals surface area (Å²) < 4.78 is 12.7. The maximum absolute atomic E-state index is 13.4. The normalized spacial score (nSPS) is 13.0. The molecule has 0 spiro atoms. The fourth-order valence-corrected chi connectivity index (χ4v) is 8.55. The minimum Gasteiger partial charge on any atom is -0.488 e. The first-order valence-corrected chi connectivity index (χ1v) is 23.8. The average molecular weight is 863 g/mol. The Morgan fingerprint density at radius 3 is 1.26 bits per heavy atom. The number of carbonyl (C=O) groups excluding carboxylic acids is 1. The van der Waals surface area contributed by atoms with Crippen LogP contribution >= 0.6 is 0 Å². The summed E-state index contributed by atoms with van der Waals surface area (Å²) in [5.74, 6) is 2.11. The molecular weight excluding hydrogens is 797 g/mol. The zero-order valence-corrected chi connectivity index (χ0v) is 39.3. The third kappa shape index (κ3) is 11.6. The summed E-state index contributed by atoms with van der Waals surface area (Å²) in [6.45, 7) is 13.5. The van der Waals surface area contributed by atoms with Crippen LogP contribution in [0.1, 0.15) is 121 Å². The zero-order chi connectivity index (χ0) is 45.7. The van der Waals surface area contributed by atoms with Gasteiger partial charge in [0.15, 0.2) is 5.78 Å². The molecule has 7 rings (SSSR count). The fourth-order valence-electron chi connectivity index (χ4n) is 8.55. The Kier molecular flexibility index (Phi) is 15.6. The van der Waals surface area contributed by atoms with Crippen LogP contribution in [0.3, 0.4) is 0 Å². The standard InChI is InChI=1S/C60H66N2O3/c1-7-11-19-45-60(6,10-4)65-57-40-26-47(27-41-57)58(63)46-24-38-55(39-25-46)64-56-42-36-54(37-43-56)62(50-22-17-14-18-23-50)53-34-32-52(33-35-53)61(49-20-15-13-16-21-49)51-30-28-48(29-31-51)59(5,9-3)44-12-8-2/h13-18,20-43H,7-12,19,44-45H2,1-6H3. The van der Waals surface area contributed by atoms with Gasteiger partial charge in [-0.05, 0) is 183 Å². The van der Waals surface area contributed by atoms with Crippen molar-refractivity contribution in [3.63, 3.8) is 0 Å². The van der Waals surface area contributed by atoms with E-state index in [-0.39, 0.29) is 16.8 Å². The SMILES string of the molecule is CCCCCC(C)(CC)Oc1ccc(C(=O)c2ccc(Oc3ccc(N(c4ccccc4)c4ccc(N(c5ccccc5)c5ccc(C(C)(CC)CCCC)cc5)cc4)cc3)cc2)cc1. The molecule has 2 atom stereocenters. The summed E-state index contributed by atoms with van der Waals surface area (Å²) in [6, 6.07) is 62.0. The van der Waals surface area contributed by atoms with Gasteiger partial charge in [-0.2, -0.15) is 0 Å². The molecule has 5 heteroatoms. The van der Waals surface area contributed by atoms with Gasteiger partial charge in [-0.25, -0.2) is 0 Å². The van der Waals surface area contributed by atoms with Crippen LogP contribution < -0.4 is 19.3 Å². The van der Waals surface area contributed by atoms with Gasteiger partial charge in [-0.3, -0.25) is 4.79 Å². The van der Waals surface area contributed by atoms with E-state index in [9.17, 15) is 4.79 Å². The number of rotatable bonds is 22. The number of benzene rings is 7. The van der Waals surface area contributed by atoms with Crippen LogP contribution in [0, 0.1) is 0 Å². The van der Waals surface area contributed by atoms with E-state index in [4.69, 9.17) is 9.47 Å². The lowest BCUT2D eigenvalue weighted by Crippen LogP contribution is -2.31. The fraction of sp³-hybridized carbons (Fsp3) is 0.283. The summed E-state index contributed by atoms with van der Waals surface area (Å²) in [6.07, 6.45) is 10.2. The summed E-state index contributed by atoms with van der Waals surface area (Å²) in [4.78, 5) is 18.0.